The number of hydrogen-bond donors (Lipinski definition) is 1. The van der Waals surface area contributed by atoms with Gasteiger partial charge in [-0.15, -0.1) is 0 Å². The Morgan fingerprint density at radius 2 is 2.39 bits per heavy atom. The molecular formula is C13H18ClFN2O. The second kappa shape index (κ2) is 5.97. The lowest BCUT2D eigenvalue weighted by molar-refractivity contribution is -0.0337. The molecule has 1 aliphatic rings. The van der Waals surface area contributed by atoms with Gasteiger partial charge in [0.15, 0.2) is 0 Å². The van der Waals surface area contributed by atoms with Gasteiger partial charge in [0.2, 0.25) is 0 Å². The summed E-state index contributed by atoms with van der Waals surface area (Å²) < 4.78 is 19.4. The molecule has 0 aromatic heterocycles. The lowest BCUT2D eigenvalue weighted by Crippen LogP contribution is -2.45. The maximum atomic E-state index is 13.9. The topological polar surface area (TPSA) is 38.5 Å². The summed E-state index contributed by atoms with van der Waals surface area (Å²) in [6, 6.07) is 4.54. The SMILES string of the molecule is CC1CN(C(CN)c2c(F)cccc2Cl)CCO1. The van der Waals surface area contributed by atoms with Crippen LogP contribution in [0.1, 0.15) is 18.5 Å². The van der Waals surface area contributed by atoms with Gasteiger partial charge in [-0.25, -0.2) is 4.39 Å². The van der Waals surface area contributed by atoms with Gasteiger partial charge in [-0.2, -0.15) is 0 Å². The fourth-order valence-corrected chi connectivity index (χ4v) is 2.70. The molecule has 2 atom stereocenters. The number of benzene rings is 1. The molecule has 1 aromatic carbocycles. The summed E-state index contributed by atoms with van der Waals surface area (Å²) in [5.74, 6) is -0.294. The van der Waals surface area contributed by atoms with Gasteiger partial charge in [0.05, 0.1) is 18.8 Å². The molecule has 2 N–H and O–H groups in total. The lowest BCUT2D eigenvalue weighted by atomic mass is 10.0. The Labute approximate surface area is 112 Å². The average Bonchev–Trinajstić information content (AvgIpc) is 2.34. The molecule has 2 unspecified atom stereocenters. The lowest BCUT2D eigenvalue weighted by Gasteiger charge is -2.37. The molecule has 1 saturated heterocycles. The number of hydrogen-bond acceptors (Lipinski definition) is 3. The number of nitrogens with zero attached hydrogens (tertiary/aromatic N) is 1. The molecule has 0 amide bonds. The van der Waals surface area contributed by atoms with Crippen LogP contribution in [-0.4, -0.2) is 37.2 Å². The molecule has 1 fully saturated rings. The molecule has 1 aromatic rings. The van der Waals surface area contributed by atoms with Crippen LogP contribution in [0.25, 0.3) is 0 Å². The fourth-order valence-electron chi connectivity index (χ4n) is 2.41. The normalized spacial score (nSPS) is 23.0. The van der Waals surface area contributed by atoms with Gasteiger partial charge < -0.3 is 10.5 Å². The predicted octanol–water partition coefficient (Wildman–Crippen LogP) is 2.20. The number of rotatable bonds is 3. The van der Waals surface area contributed by atoms with E-state index in [0.29, 0.717) is 23.7 Å². The molecule has 0 spiro atoms. The van der Waals surface area contributed by atoms with Crippen LogP contribution < -0.4 is 5.73 Å². The van der Waals surface area contributed by atoms with E-state index in [4.69, 9.17) is 22.1 Å². The monoisotopic (exact) mass is 272 g/mol. The molecule has 1 heterocycles. The Hall–Kier alpha value is -0.680. The van der Waals surface area contributed by atoms with Crippen LogP contribution in [-0.2, 0) is 4.74 Å². The highest BCUT2D eigenvalue weighted by Crippen LogP contribution is 2.30. The molecule has 0 aliphatic carbocycles. The van der Waals surface area contributed by atoms with Crippen LogP contribution in [0.15, 0.2) is 18.2 Å². The van der Waals surface area contributed by atoms with Gasteiger partial charge in [-0.3, -0.25) is 4.90 Å². The first kappa shape index (κ1) is 13.7. The first-order valence-electron chi connectivity index (χ1n) is 6.13. The van der Waals surface area contributed by atoms with E-state index in [1.165, 1.54) is 6.07 Å². The number of ether oxygens (including phenoxy) is 1. The Balaban J connectivity index is 2.27. The Bertz CT molecular complexity index is 396. The van der Waals surface area contributed by atoms with E-state index >= 15 is 0 Å². The third kappa shape index (κ3) is 2.83. The van der Waals surface area contributed by atoms with Crippen LogP contribution in [0.3, 0.4) is 0 Å². The summed E-state index contributed by atoms with van der Waals surface area (Å²) in [7, 11) is 0. The largest absolute Gasteiger partial charge is 0.376 e. The van der Waals surface area contributed by atoms with E-state index in [9.17, 15) is 4.39 Å². The molecule has 3 nitrogen and oxygen atoms in total. The van der Waals surface area contributed by atoms with E-state index in [1.807, 2.05) is 6.92 Å². The van der Waals surface area contributed by atoms with Crippen molar-refractivity contribution in [3.05, 3.63) is 34.6 Å². The molecule has 100 valence electrons. The van der Waals surface area contributed by atoms with Crippen molar-refractivity contribution in [2.45, 2.75) is 19.1 Å². The van der Waals surface area contributed by atoms with E-state index in [1.54, 1.807) is 12.1 Å². The highest BCUT2D eigenvalue weighted by molar-refractivity contribution is 6.31. The predicted molar refractivity (Wildman–Crippen MR) is 70.2 cm³/mol. The van der Waals surface area contributed by atoms with Gasteiger partial charge in [0, 0.05) is 30.2 Å². The zero-order chi connectivity index (χ0) is 13.1. The van der Waals surface area contributed by atoms with Gasteiger partial charge in [0.1, 0.15) is 5.82 Å². The molecule has 0 radical (unpaired) electrons. The van der Waals surface area contributed by atoms with E-state index < -0.39 is 0 Å². The van der Waals surface area contributed by atoms with Crippen molar-refractivity contribution in [3.8, 4) is 0 Å². The summed E-state index contributed by atoms with van der Waals surface area (Å²) >= 11 is 6.11. The average molecular weight is 273 g/mol. The summed E-state index contributed by atoms with van der Waals surface area (Å²) in [5.41, 5.74) is 6.31. The van der Waals surface area contributed by atoms with Crippen LogP contribution in [0.4, 0.5) is 4.39 Å². The van der Waals surface area contributed by atoms with Crippen LogP contribution in [0, 0.1) is 5.82 Å². The molecule has 1 aliphatic heterocycles. The summed E-state index contributed by atoms with van der Waals surface area (Å²) in [6.07, 6.45) is 0.137. The highest BCUT2D eigenvalue weighted by atomic mass is 35.5. The Morgan fingerprint density at radius 1 is 1.61 bits per heavy atom. The molecule has 18 heavy (non-hydrogen) atoms. The van der Waals surface area contributed by atoms with Gasteiger partial charge in [-0.05, 0) is 19.1 Å². The van der Waals surface area contributed by atoms with Crippen molar-refractivity contribution in [1.29, 1.82) is 0 Å². The van der Waals surface area contributed by atoms with Crippen LogP contribution >= 0.6 is 11.6 Å². The highest BCUT2D eigenvalue weighted by Gasteiger charge is 2.27. The zero-order valence-corrected chi connectivity index (χ0v) is 11.2. The molecule has 5 heteroatoms. The smallest absolute Gasteiger partial charge is 0.129 e. The van der Waals surface area contributed by atoms with Crippen molar-refractivity contribution < 1.29 is 9.13 Å². The van der Waals surface area contributed by atoms with Crippen LogP contribution in [0.2, 0.25) is 5.02 Å². The van der Waals surface area contributed by atoms with Crippen molar-refractivity contribution >= 4 is 11.6 Å². The maximum absolute atomic E-state index is 13.9. The second-order valence-electron chi connectivity index (χ2n) is 4.56. The molecule has 2 rings (SSSR count). The van der Waals surface area contributed by atoms with Crippen molar-refractivity contribution in [2.24, 2.45) is 5.73 Å². The quantitative estimate of drug-likeness (QED) is 0.917. The third-order valence-electron chi connectivity index (χ3n) is 3.27. The fraction of sp³-hybridized carbons (Fsp3) is 0.538. The summed E-state index contributed by atoms with van der Waals surface area (Å²) in [6.45, 7) is 4.48. The van der Waals surface area contributed by atoms with Crippen molar-refractivity contribution in [1.82, 2.24) is 4.90 Å². The molecule has 0 saturated carbocycles. The number of morpholine rings is 1. The standard InChI is InChI=1S/C13H18ClFN2O/c1-9-8-17(5-6-18-9)12(7-16)13-10(14)3-2-4-11(13)15/h2-4,9,12H,5-8,16H2,1H3. The second-order valence-corrected chi connectivity index (χ2v) is 4.97. The zero-order valence-electron chi connectivity index (χ0n) is 10.4. The number of halogens is 2. The Morgan fingerprint density at radius 3 is 3.00 bits per heavy atom. The summed E-state index contributed by atoms with van der Waals surface area (Å²) in [5, 5.41) is 0.435. The van der Waals surface area contributed by atoms with Crippen molar-refractivity contribution in [3.63, 3.8) is 0 Å². The van der Waals surface area contributed by atoms with Gasteiger partial charge in [-0.1, -0.05) is 17.7 Å². The van der Waals surface area contributed by atoms with E-state index in [2.05, 4.69) is 4.90 Å². The maximum Gasteiger partial charge on any atom is 0.129 e. The minimum absolute atomic E-state index is 0.137. The first-order chi connectivity index (χ1) is 8.63. The van der Waals surface area contributed by atoms with Gasteiger partial charge >= 0.3 is 0 Å². The third-order valence-corrected chi connectivity index (χ3v) is 3.60. The van der Waals surface area contributed by atoms with Crippen molar-refractivity contribution in [2.75, 3.05) is 26.2 Å². The van der Waals surface area contributed by atoms with E-state index in [0.717, 1.165) is 13.1 Å². The van der Waals surface area contributed by atoms with Gasteiger partial charge in [0.25, 0.3) is 0 Å². The number of nitrogens with two attached hydrogens (primary N) is 1. The van der Waals surface area contributed by atoms with Crippen LogP contribution in [0.5, 0.6) is 0 Å². The van der Waals surface area contributed by atoms with E-state index in [-0.39, 0.29) is 18.0 Å². The minimum atomic E-state index is -0.294. The molecular weight excluding hydrogens is 255 g/mol. The summed E-state index contributed by atoms with van der Waals surface area (Å²) in [4.78, 5) is 2.14. The Kier molecular flexibility index (Phi) is 4.56. The minimum Gasteiger partial charge on any atom is -0.376 e. The first-order valence-corrected chi connectivity index (χ1v) is 6.51. The molecule has 0 bridgehead atoms.